The molecule has 0 bridgehead atoms. The summed E-state index contributed by atoms with van der Waals surface area (Å²) < 4.78 is 46.6. The molecular weight excluding hydrogens is 369 g/mol. The molecule has 2 aromatic rings. The van der Waals surface area contributed by atoms with Gasteiger partial charge in [0.25, 0.3) is 5.56 Å². The summed E-state index contributed by atoms with van der Waals surface area (Å²) in [5.74, 6) is -2.06. The van der Waals surface area contributed by atoms with Crippen LogP contribution in [0.25, 0.3) is 10.9 Å². The van der Waals surface area contributed by atoms with Crippen LogP contribution in [0.5, 0.6) is 0 Å². The van der Waals surface area contributed by atoms with Crippen LogP contribution < -0.4 is 21.9 Å². The molecule has 4 N–H and O–H groups in total. The zero-order valence-electron chi connectivity index (χ0n) is 15.9. The maximum Gasteiger partial charge on any atom is 0.251 e. The lowest BCUT2D eigenvalue weighted by Crippen LogP contribution is -2.37. The molecule has 1 saturated carbocycles. The van der Waals surface area contributed by atoms with Crippen LogP contribution in [0.15, 0.2) is 10.9 Å². The Bertz CT molecular complexity index is 1000. The van der Waals surface area contributed by atoms with Gasteiger partial charge in [-0.1, -0.05) is 0 Å². The van der Waals surface area contributed by atoms with Crippen molar-refractivity contribution in [2.45, 2.75) is 50.9 Å². The fourth-order valence-corrected chi connectivity index (χ4v) is 4.51. The van der Waals surface area contributed by atoms with Crippen molar-refractivity contribution in [1.82, 2.24) is 4.57 Å². The van der Waals surface area contributed by atoms with Gasteiger partial charge in [-0.05, 0) is 31.7 Å². The van der Waals surface area contributed by atoms with Crippen molar-refractivity contribution < 1.29 is 13.2 Å². The van der Waals surface area contributed by atoms with Gasteiger partial charge in [-0.15, -0.1) is 0 Å². The molecule has 28 heavy (non-hydrogen) atoms. The number of pyridine rings is 1. The minimum absolute atomic E-state index is 0.0135. The number of aryl methyl sites for hydroxylation is 1. The Morgan fingerprint density at radius 1 is 1.25 bits per heavy atom. The highest BCUT2D eigenvalue weighted by Crippen LogP contribution is 2.41. The lowest BCUT2D eigenvalue weighted by Gasteiger charge is -2.32. The lowest BCUT2D eigenvalue weighted by atomic mass is 9.91. The minimum atomic E-state index is -1.63. The third-order valence-electron chi connectivity index (χ3n) is 6.31. The molecule has 1 atom stereocenters. The van der Waals surface area contributed by atoms with Gasteiger partial charge in [0.15, 0.2) is 11.6 Å². The molecule has 0 radical (unpaired) electrons. The van der Waals surface area contributed by atoms with Crippen LogP contribution in [-0.4, -0.2) is 29.9 Å². The summed E-state index contributed by atoms with van der Waals surface area (Å²) in [6.45, 7) is 1.55. The highest BCUT2D eigenvalue weighted by Gasteiger charge is 2.40. The fraction of sp³-hybridized carbons (Fsp3) is 0.550. The number of halogens is 3. The number of nitrogens with zero attached hydrogens (tertiary/aromatic N) is 2. The van der Waals surface area contributed by atoms with Crippen molar-refractivity contribution in [3.63, 3.8) is 0 Å². The highest BCUT2D eigenvalue weighted by molar-refractivity contribution is 5.91. The molecule has 152 valence electrons. The third kappa shape index (κ3) is 2.73. The minimum Gasteiger partial charge on any atom is -0.365 e. The Balaban J connectivity index is 2.02. The van der Waals surface area contributed by atoms with Crippen LogP contribution in [0.1, 0.15) is 42.9 Å². The van der Waals surface area contributed by atoms with Crippen molar-refractivity contribution in [1.29, 1.82) is 0 Å². The van der Waals surface area contributed by atoms with E-state index in [0.717, 1.165) is 19.3 Å². The van der Waals surface area contributed by atoms with E-state index in [-0.39, 0.29) is 60.8 Å². The zero-order valence-corrected chi connectivity index (χ0v) is 15.9. The van der Waals surface area contributed by atoms with Crippen molar-refractivity contribution in [2.24, 2.45) is 11.5 Å². The summed E-state index contributed by atoms with van der Waals surface area (Å²) in [6, 6.07) is 1.26. The van der Waals surface area contributed by atoms with Crippen molar-refractivity contribution in [3.05, 3.63) is 39.2 Å². The monoisotopic (exact) mass is 394 g/mol. The first kappa shape index (κ1) is 19.3. The van der Waals surface area contributed by atoms with Gasteiger partial charge in [0.05, 0.1) is 17.7 Å². The Hall–Kier alpha value is -2.06. The van der Waals surface area contributed by atoms with Crippen molar-refractivity contribution >= 4 is 16.6 Å². The number of alkyl halides is 1. The topological polar surface area (TPSA) is 77.3 Å². The summed E-state index contributed by atoms with van der Waals surface area (Å²) in [6.07, 6.45) is 2.77. The molecule has 2 aliphatic rings. The van der Waals surface area contributed by atoms with E-state index in [1.165, 1.54) is 11.0 Å². The Morgan fingerprint density at radius 2 is 1.96 bits per heavy atom. The molecule has 1 aliphatic heterocycles. The van der Waals surface area contributed by atoms with Crippen LogP contribution in [0, 0.1) is 18.6 Å². The average molecular weight is 394 g/mol. The molecule has 2 fully saturated rings. The van der Waals surface area contributed by atoms with Crippen molar-refractivity contribution in [3.8, 4) is 0 Å². The molecular formula is C20H25F3N4O. The van der Waals surface area contributed by atoms with Gasteiger partial charge >= 0.3 is 0 Å². The van der Waals surface area contributed by atoms with E-state index in [4.69, 9.17) is 11.5 Å². The van der Waals surface area contributed by atoms with E-state index in [1.54, 1.807) is 11.5 Å². The van der Waals surface area contributed by atoms with E-state index < -0.39 is 17.3 Å². The normalized spacial score (nSPS) is 22.9. The van der Waals surface area contributed by atoms with Crippen LogP contribution in [0.4, 0.5) is 18.9 Å². The van der Waals surface area contributed by atoms with Crippen LogP contribution in [0.3, 0.4) is 0 Å². The first-order chi connectivity index (χ1) is 13.3. The summed E-state index contributed by atoms with van der Waals surface area (Å²) in [7, 11) is 0. The SMILES string of the molecule is Cc1c(N2CCC(F)(CN)C2)c(F)c(F)c2c(CN)cc(=O)n(C3CCC3)c12. The second-order valence-corrected chi connectivity index (χ2v) is 8.02. The number of hydrogen-bond donors (Lipinski definition) is 2. The number of nitrogens with two attached hydrogens (primary N) is 2. The third-order valence-corrected chi connectivity index (χ3v) is 6.31. The molecule has 0 spiro atoms. The second kappa shape index (κ2) is 6.77. The molecule has 1 unspecified atom stereocenters. The fourth-order valence-electron chi connectivity index (χ4n) is 4.51. The molecule has 8 heteroatoms. The molecule has 1 aliphatic carbocycles. The van der Waals surface area contributed by atoms with Gasteiger partial charge in [0.2, 0.25) is 0 Å². The molecule has 5 nitrogen and oxygen atoms in total. The Kier molecular flexibility index (Phi) is 4.66. The van der Waals surface area contributed by atoms with Crippen LogP contribution in [0.2, 0.25) is 0 Å². The van der Waals surface area contributed by atoms with E-state index in [2.05, 4.69) is 0 Å². The van der Waals surface area contributed by atoms with Crippen LogP contribution >= 0.6 is 0 Å². The van der Waals surface area contributed by atoms with Gasteiger partial charge < -0.3 is 20.9 Å². The number of benzene rings is 1. The summed E-state index contributed by atoms with van der Waals surface area (Å²) in [5, 5.41) is 0.0530. The van der Waals surface area contributed by atoms with Gasteiger partial charge in [-0.3, -0.25) is 4.79 Å². The maximum absolute atomic E-state index is 15.2. The summed E-state index contributed by atoms with van der Waals surface area (Å²) >= 11 is 0. The highest BCUT2D eigenvalue weighted by atomic mass is 19.2. The van der Waals surface area contributed by atoms with Gasteiger partial charge in [0, 0.05) is 49.1 Å². The van der Waals surface area contributed by atoms with E-state index in [1.807, 2.05) is 0 Å². The number of anilines is 1. The van der Waals surface area contributed by atoms with E-state index >= 15 is 8.78 Å². The number of aromatic nitrogens is 1. The largest absolute Gasteiger partial charge is 0.365 e. The van der Waals surface area contributed by atoms with Gasteiger partial charge in [0.1, 0.15) is 5.67 Å². The smallest absolute Gasteiger partial charge is 0.251 e. The Morgan fingerprint density at radius 3 is 2.50 bits per heavy atom. The molecule has 4 rings (SSSR count). The van der Waals surface area contributed by atoms with Crippen molar-refractivity contribution in [2.75, 3.05) is 24.5 Å². The predicted octanol–water partition coefficient (Wildman–Crippen LogP) is 2.65. The standard InChI is InChI=1S/C20H25F3N4O/c1-11-18-15(12(8-24)7-14(28)27(18)13-3-2-4-13)16(21)17(22)19(11)26-6-5-20(23,9-25)10-26/h7,13H,2-6,8-10,24-25H2,1H3. The zero-order chi connectivity index (χ0) is 20.2. The average Bonchev–Trinajstić information content (AvgIpc) is 3.02. The second-order valence-electron chi connectivity index (χ2n) is 8.02. The molecule has 2 heterocycles. The Labute approximate surface area is 161 Å². The van der Waals surface area contributed by atoms with Gasteiger partial charge in [-0.2, -0.15) is 0 Å². The maximum atomic E-state index is 15.2. The van der Waals surface area contributed by atoms with E-state index in [0.29, 0.717) is 11.1 Å². The molecule has 1 saturated heterocycles. The number of rotatable bonds is 4. The number of fused-ring (bicyclic) bond motifs is 1. The van der Waals surface area contributed by atoms with Gasteiger partial charge in [-0.25, -0.2) is 13.2 Å². The molecule has 1 aromatic heterocycles. The summed E-state index contributed by atoms with van der Waals surface area (Å²) in [5.41, 5.74) is 10.5. The first-order valence-corrected chi connectivity index (χ1v) is 9.71. The van der Waals surface area contributed by atoms with E-state index in [9.17, 15) is 9.18 Å². The first-order valence-electron chi connectivity index (χ1n) is 9.71. The molecule has 1 aromatic carbocycles. The summed E-state index contributed by atoms with van der Waals surface area (Å²) in [4.78, 5) is 14.3. The quantitative estimate of drug-likeness (QED) is 0.836. The molecule has 0 amide bonds. The predicted molar refractivity (Wildman–Crippen MR) is 103 cm³/mol. The number of hydrogen-bond acceptors (Lipinski definition) is 4. The van der Waals surface area contributed by atoms with Crippen LogP contribution in [-0.2, 0) is 6.54 Å². The lowest BCUT2D eigenvalue weighted by molar-refractivity contribution is 0.204.